The number of pyridine rings is 1. The Hall–Kier alpha value is -2.63. The average Bonchev–Trinajstić information content (AvgIpc) is 2.53. The van der Waals surface area contributed by atoms with Crippen LogP contribution in [-0.4, -0.2) is 16.9 Å². The van der Waals surface area contributed by atoms with Gasteiger partial charge in [0.05, 0.1) is 12.2 Å². The number of rotatable bonds is 3. The summed E-state index contributed by atoms with van der Waals surface area (Å²) in [6, 6.07) is 8.53. The van der Waals surface area contributed by atoms with E-state index in [4.69, 9.17) is 5.73 Å². The summed E-state index contributed by atoms with van der Waals surface area (Å²) >= 11 is 0. The zero-order valence-electron chi connectivity index (χ0n) is 13.0. The Morgan fingerprint density at radius 3 is 2.74 bits per heavy atom. The average molecular weight is 314 g/mol. The first-order valence-corrected chi connectivity index (χ1v) is 7.54. The zero-order valence-corrected chi connectivity index (χ0v) is 13.0. The first-order chi connectivity index (χ1) is 11.0. The minimum absolute atomic E-state index is 0.0569. The minimum atomic E-state index is -0.460. The summed E-state index contributed by atoms with van der Waals surface area (Å²) in [5.74, 6) is -0.0123. The van der Waals surface area contributed by atoms with Crippen LogP contribution in [0.5, 0.6) is 0 Å². The zero-order chi connectivity index (χ0) is 16.6. The van der Waals surface area contributed by atoms with Gasteiger partial charge in [0.1, 0.15) is 11.6 Å². The van der Waals surface area contributed by atoms with Crippen LogP contribution in [-0.2, 0) is 0 Å². The van der Waals surface area contributed by atoms with Crippen LogP contribution in [0.2, 0.25) is 0 Å². The van der Waals surface area contributed by atoms with Crippen LogP contribution in [0, 0.1) is 11.7 Å². The van der Waals surface area contributed by atoms with Crippen molar-refractivity contribution in [3.05, 3.63) is 53.5 Å². The fraction of sp³-hybridized carbons (Fsp3) is 0.294. The Labute approximate surface area is 134 Å². The molecule has 4 N–H and O–H groups in total. The molecule has 1 amide bonds. The predicted octanol–water partition coefficient (Wildman–Crippen LogP) is 2.92. The van der Waals surface area contributed by atoms with E-state index in [0.29, 0.717) is 11.4 Å². The van der Waals surface area contributed by atoms with E-state index >= 15 is 0 Å². The number of primary amides is 1. The number of fused-ring (bicyclic) bond motifs is 1. The lowest BCUT2D eigenvalue weighted by molar-refractivity contribution is 0.1000. The molecule has 0 saturated heterocycles. The molecule has 5 nitrogen and oxygen atoms in total. The number of nitrogens with one attached hydrogen (secondary N) is 2. The summed E-state index contributed by atoms with van der Waals surface area (Å²) in [5.41, 5.74) is 7.77. The van der Waals surface area contributed by atoms with E-state index < -0.39 is 5.91 Å². The van der Waals surface area contributed by atoms with E-state index in [2.05, 4.69) is 29.5 Å². The molecule has 0 fully saturated rings. The lowest BCUT2D eigenvalue weighted by atomic mass is 9.83. The Kier molecular flexibility index (Phi) is 3.90. The van der Waals surface area contributed by atoms with Crippen LogP contribution >= 0.6 is 0 Å². The summed E-state index contributed by atoms with van der Waals surface area (Å²) in [7, 11) is 0. The van der Waals surface area contributed by atoms with Crippen LogP contribution in [0.3, 0.4) is 0 Å². The molecule has 0 aliphatic carbocycles. The van der Waals surface area contributed by atoms with Crippen LogP contribution < -0.4 is 16.4 Å². The highest BCUT2D eigenvalue weighted by Gasteiger charge is 2.32. The van der Waals surface area contributed by atoms with Gasteiger partial charge in [-0.15, -0.1) is 0 Å². The molecule has 3 atom stereocenters. The van der Waals surface area contributed by atoms with E-state index in [-0.39, 0.29) is 23.8 Å². The molecule has 23 heavy (non-hydrogen) atoms. The molecule has 1 aromatic carbocycles. The number of halogens is 1. The number of hydrogen-bond acceptors (Lipinski definition) is 4. The molecule has 1 aromatic heterocycles. The van der Waals surface area contributed by atoms with Gasteiger partial charge in [0.25, 0.3) is 0 Å². The topological polar surface area (TPSA) is 80.0 Å². The van der Waals surface area contributed by atoms with Crippen molar-refractivity contribution in [3.63, 3.8) is 0 Å². The number of anilines is 2. The lowest BCUT2D eigenvalue weighted by Crippen LogP contribution is -2.37. The molecule has 6 heteroatoms. The first-order valence-electron chi connectivity index (χ1n) is 7.54. The normalized spacial score (nSPS) is 22.8. The third-order valence-electron chi connectivity index (χ3n) is 4.40. The maximum Gasteiger partial charge on any atom is 0.248 e. The van der Waals surface area contributed by atoms with Crippen LogP contribution in [0.25, 0.3) is 0 Å². The molecule has 1 aliphatic heterocycles. The Morgan fingerprint density at radius 1 is 1.30 bits per heavy atom. The van der Waals surface area contributed by atoms with E-state index in [1.54, 1.807) is 18.2 Å². The van der Waals surface area contributed by atoms with Gasteiger partial charge in [0, 0.05) is 23.2 Å². The second-order valence-electron chi connectivity index (χ2n) is 5.94. The second-order valence-corrected chi connectivity index (χ2v) is 5.94. The van der Waals surface area contributed by atoms with Gasteiger partial charge in [-0.25, -0.2) is 9.37 Å². The molecule has 0 spiro atoms. The first kappa shape index (κ1) is 15.3. The smallest absolute Gasteiger partial charge is 0.248 e. The SMILES string of the molecule is CC1Nc2ccc(C(N)=O)cc2C(Nc2ccc(F)cn2)C1C. The highest BCUT2D eigenvalue weighted by atomic mass is 19.1. The van der Waals surface area contributed by atoms with Gasteiger partial charge in [-0.3, -0.25) is 4.79 Å². The van der Waals surface area contributed by atoms with Crippen molar-refractivity contribution in [3.8, 4) is 0 Å². The van der Waals surface area contributed by atoms with Crippen molar-refractivity contribution in [2.24, 2.45) is 11.7 Å². The Balaban J connectivity index is 1.99. The predicted molar refractivity (Wildman–Crippen MR) is 87.8 cm³/mol. The number of aromatic nitrogens is 1. The summed E-state index contributed by atoms with van der Waals surface area (Å²) < 4.78 is 13.0. The van der Waals surface area contributed by atoms with E-state index in [0.717, 1.165) is 11.3 Å². The number of nitrogens with two attached hydrogens (primary N) is 1. The Morgan fingerprint density at radius 2 is 2.09 bits per heavy atom. The standard InChI is InChI=1S/C17H19FN4O/c1-9-10(2)21-14-5-3-11(17(19)23)7-13(14)16(9)22-15-6-4-12(18)8-20-15/h3-10,16,21H,1-2H3,(H2,19,23)(H,20,22). The lowest BCUT2D eigenvalue weighted by Gasteiger charge is -2.38. The molecule has 2 heterocycles. The number of amides is 1. The highest BCUT2D eigenvalue weighted by molar-refractivity contribution is 5.93. The fourth-order valence-corrected chi connectivity index (χ4v) is 2.88. The molecule has 3 unspecified atom stereocenters. The largest absolute Gasteiger partial charge is 0.382 e. The monoisotopic (exact) mass is 314 g/mol. The Bertz CT molecular complexity index is 732. The van der Waals surface area contributed by atoms with Crippen molar-refractivity contribution < 1.29 is 9.18 Å². The summed E-state index contributed by atoms with van der Waals surface area (Å²) in [5, 5.41) is 6.77. The van der Waals surface area contributed by atoms with Crippen molar-refractivity contribution in [1.82, 2.24) is 4.98 Å². The van der Waals surface area contributed by atoms with Crippen molar-refractivity contribution >= 4 is 17.4 Å². The van der Waals surface area contributed by atoms with Crippen LogP contribution in [0.1, 0.15) is 35.8 Å². The van der Waals surface area contributed by atoms with Crippen LogP contribution in [0.15, 0.2) is 36.5 Å². The number of carbonyl (C=O) groups is 1. The minimum Gasteiger partial charge on any atom is -0.382 e. The fourth-order valence-electron chi connectivity index (χ4n) is 2.88. The third kappa shape index (κ3) is 2.97. The molecule has 3 rings (SSSR count). The number of nitrogens with zero attached hydrogens (tertiary/aromatic N) is 1. The molecular formula is C17H19FN4O. The van der Waals surface area contributed by atoms with Gasteiger partial charge >= 0.3 is 0 Å². The van der Waals surface area contributed by atoms with E-state index in [1.807, 2.05) is 6.07 Å². The highest BCUT2D eigenvalue weighted by Crippen LogP contribution is 2.38. The van der Waals surface area contributed by atoms with Crippen molar-refractivity contribution in [1.29, 1.82) is 0 Å². The van der Waals surface area contributed by atoms with Crippen molar-refractivity contribution in [2.75, 3.05) is 10.6 Å². The van der Waals surface area contributed by atoms with Gasteiger partial charge in [0.2, 0.25) is 5.91 Å². The van der Waals surface area contributed by atoms with Gasteiger partial charge < -0.3 is 16.4 Å². The number of hydrogen-bond donors (Lipinski definition) is 3. The molecule has 1 aliphatic rings. The van der Waals surface area contributed by atoms with Crippen molar-refractivity contribution in [2.45, 2.75) is 25.9 Å². The summed E-state index contributed by atoms with van der Waals surface area (Å²) in [6.45, 7) is 4.21. The van der Waals surface area contributed by atoms with E-state index in [9.17, 15) is 9.18 Å². The van der Waals surface area contributed by atoms with Gasteiger partial charge in [-0.05, 0) is 42.8 Å². The quantitative estimate of drug-likeness (QED) is 0.814. The van der Waals surface area contributed by atoms with Crippen LogP contribution in [0.4, 0.5) is 15.9 Å². The van der Waals surface area contributed by atoms with Gasteiger partial charge in [-0.1, -0.05) is 6.92 Å². The summed E-state index contributed by atoms with van der Waals surface area (Å²) in [6.07, 6.45) is 1.18. The molecule has 0 radical (unpaired) electrons. The molecule has 2 aromatic rings. The van der Waals surface area contributed by atoms with Gasteiger partial charge in [-0.2, -0.15) is 0 Å². The summed E-state index contributed by atoms with van der Waals surface area (Å²) in [4.78, 5) is 15.5. The number of benzene rings is 1. The molecule has 0 saturated carbocycles. The molecular weight excluding hydrogens is 295 g/mol. The van der Waals surface area contributed by atoms with E-state index in [1.165, 1.54) is 12.3 Å². The third-order valence-corrected chi connectivity index (χ3v) is 4.40. The van der Waals surface area contributed by atoms with Gasteiger partial charge in [0.15, 0.2) is 0 Å². The number of carbonyl (C=O) groups excluding carboxylic acids is 1. The maximum absolute atomic E-state index is 13.0. The second kappa shape index (κ2) is 5.87. The maximum atomic E-state index is 13.0. The molecule has 0 bridgehead atoms. The molecule has 120 valence electrons.